The van der Waals surface area contributed by atoms with Crippen molar-refractivity contribution >= 4 is 31.9 Å². The molecule has 1 N–H and O–H groups in total. The smallest absolute Gasteiger partial charge is 0.268 e. The van der Waals surface area contributed by atoms with Gasteiger partial charge in [0.15, 0.2) is 0 Å². The van der Waals surface area contributed by atoms with Gasteiger partial charge < -0.3 is 9.88 Å². The molecule has 8 heteroatoms. The maximum absolute atomic E-state index is 12.6. The summed E-state index contributed by atoms with van der Waals surface area (Å²) in [5, 5.41) is 2.91. The van der Waals surface area contributed by atoms with Crippen molar-refractivity contribution in [1.82, 2.24) is 14.2 Å². The minimum atomic E-state index is -3.60. The third kappa shape index (κ3) is 4.36. The van der Waals surface area contributed by atoms with E-state index in [1.54, 1.807) is 25.5 Å². The highest BCUT2D eigenvalue weighted by molar-refractivity contribution is 9.10. The van der Waals surface area contributed by atoms with E-state index < -0.39 is 10.0 Å². The van der Waals surface area contributed by atoms with Crippen molar-refractivity contribution in [1.29, 1.82) is 0 Å². The molecule has 2 rings (SSSR count). The number of rotatable bonds is 7. The molecule has 0 radical (unpaired) electrons. The van der Waals surface area contributed by atoms with Gasteiger partial charge in [-0.3, -0.25) is 4.79 Å². The topological polar surface area (TPSA) is 71.4 Å². The van der Waals surface area contributed by atoms with E-state index >= 15 is 0 Å². The van der Waals surface area contributed by atoms with Crippen molar-refractivity contribution < 1.29 is 13.2 Å². The van der Waals surface area contributed by atoms with Crippen LogP contribution in [0.5, 0.6) is 0 Å². The first-order valence-corrected chi connectivity index (χ1v) is 10.7. The Kier molecular flexibility index (Phi) is 6.65. The number of aromatic nitrogens is 1. The lowest BCUT2D eigenvalue weighted by molar-refractivity contribution is 0.0931. The zero-order chi connectivity index (χ0) is 19.5. The van der Waals surface area contributed by atoms with Crippen molar-refractivity contribution in [3.8, 4) is 0 Å². The third-order valence-electron chi connectivity index (χ3n) is 4.25. The molecule has 6 nitrogen and oxygen atoms in total. The van der Waals surface area contributed by atoms with E-state index in [9.17, 15) is 13.2 Å². The van der Waals surface area contributed by atoms with E-state index in [-0.39, 0.29) is 16.8 Å². The van der Waals surface area contributed by atoms with E-state index in [1.165, 1.54) is 16.6 Å². The van der Waals surface area contributed by atoms with Crippen LogP contribution in [0.4, 0.5) is 0 Å². The largest absolute Gasteiger partial charge is 0.345 e. The van der Waals surface area contributed by atoms with Crippen molar-refractivity contribution in [3.63, 3.8) is 0 Å². The molecule has 0 aliphatic heterocycles. The fourth-order valence-electron chi connectivity index (χ4n) is 2.74. The second-order valence-corrected chi connectivity index (χ2v) is 8.87. The molecule has 0 spiro atoms. The molecule has 0 fully saturated rings. The van der Waals surface area contributed by atoms with Gasteiger partial charge >= 0.3 is 0 Å². The number of amides is 1. The van der Waals surface area contributed by atoms with Gasteiger partial charge in [-0.1, -0.05) is 41.9 Å². The van der Waals surface area contributed by atoms with Crippen molar-refractivity contribution in [2.24, 2.45) is 7.05 Å². The number of carbonyl (C=O) groups is 1. The molecule has 1 unspecified atom stereocenters. The van der Waals surface area contributed by atoms with Gasteiger partial charge in [0.1, 0.15) is 10.6 Å². The second-order valence-electron chi connectivity index (χ2n) is 6.01. The summed E-state index contributed by atoms with van der Waals surface area (Å²) in [5.41, 5.74) is 1.26. The van der Waals surface area contributed by atoms with E-state index in [4.69, 9.17) is 0 Å². The van der Waals surface area contributed by atoms with Crippen LogP contribution in [0.15, 0.2) is 45.9 Å². The highest BCUT2D eigenvalue weighted by Gasteiger charge is 2.25. The Balaban J connectivity index is 2.24. The summed E-state index contributed by atoms with van der Waals surface area (Å²) in [6.45, 7) is 6.23. The summed E-state index contributed by atoms with van der Waals surface area (Å²) in [6.07, 6.45) is 1.48. The van der Waals surface area contributed by atoms with E-state index in [0.717, 1.165) is 10.0 Å². The van der Waals surface area contributed by atoms with Crippen LogP contribution in [0, 0.1) is 0 Å². The van der Waals surface area contributed by atoms with E-state index in [1.807, 2.05) is 31.2 Å². The number of halogens is 1. The molecule has 0 saturated heterocycles. The Bertz CT molecular complexity index is 889. The van der Waals surface area contributed by atoms with Gasteiger partial charge in [-0.25, -0.2) is 8.42 Å². The summed E-state index contributed by atoms with van der Waals surface area (Å²) >= 11 is 3.42. The van der Waals surface area contributed by atoms with Gasteiger partial charge in [-0.2, -0.15) is 4.31 Å². The van der Waals surface area contributed by atoms with Gasteiger partial charge in [0, 0.05) is 30.8 Å². The molecule has 1 heterocycles. The fraction of sp³-hybridized carbons (Fsp3) is 0.389. The first-order chi connectivity index (χ1) is 12.2. The zero-order valence-corrected chi connectivity index (χ0v) is 17.8. The number of hydrogen-bond donors (Lipinski definition) is 1. The number of sulfonamides is 1. The lowest BCUT2D eigenvalue weighted by Crippen LogP contribution is -2.30. The maximum atomic E-state index is 12.6. The Morgan fingerprint density at radius 2 is 1.92 bits per heavy atom. The SMILES string of the molecule is CCN(CC)S(=O)(=O)c1cc(C(=O)NC(C)c2cccc(Br)c2)n(C)c1. The summed E-state index contributed by atoms with van der Waals surface area (Å²) in [4.78, 5) is 12.8. The first-order valence-electron chi connectivity index (χ1n) is 8.43. The van der Waals surface area contributed by atoms with Crippen molar-refractivity contribution in [3.05, 3.63) is 52.3 Å². The highest BCUT2D eigenvalue weighted by Crippen LogP contribution is 2.21. The molecule has 0 saturated carbocycles. The summed E-state index contributed by atoms with van der Waals surface area (Å²) in [7, 11) is -1.93. The molecule has 2 aromatic rings. The monoisotopic (exact) mass is 441 g/mol. The molecule has 0 aliphatic rings. The Hall–Kier alpha value is -1.64. The molecule has 0 aliphatic carbocycles. The molecule has 1 aromatic carbocycles. The van der Waals surface area contributed by atoms with E-state index in [0.29, 0.717) is 18.8 Å². The third-order valence-corrected chi connectivity index (χ3v) is 6.76. The predicted molar refractivity (Wildman–Crippen MR) is 106 cm³/mol. The lowest BCUT2D eigenvalue weighted by atomic mass is 10.1. The molecular weight excluding hydrogens is 418 g/mol. The first kappa shape index (κ1) is 20.7. The van der Waals surface area contributed by atoms with Crippen LogP contribution in [0.3, 0.4) is 0 Å². The summed E-state index contributed by atoms with van der Waals surface area (Å²) in [6, 6.07) is 8.90. The van der Waals surface area contributed by atoms with Crippen LogP contribution in [0.2, 0.25) is 0 Å². The van der Waals surface area contributed by atoms with Gasteiger partial charge in [0.05, 0.1) is 6.04 Å². The van der Waals surface area contributed by atoms with E-state index in [2.05, 4.69) is 21.2 Å². The van der Waals surface area contributed by atoms with Gasteiger partial charge in [0.25, 0.3) is 5.91 Å². The standard InChI is InChI=1S/C18H24BrN3O3S/c1-5-22(6-2)26(24,25)16-11-17(21(4)12-16)18(23)20-13(3)14-8-7-9-15(19)10-14/h7-13H,5-6H2,1-4H3,(H,20,23). The van der Waals surface area contributed by atoms with Crippen molar-refractivity contribution in [2.75, 3.05) is 13.1 Å². The molecule has 1 amide bonds. The zero-order valence-electron chi connectivity index (χ0n) is 15.4. The van der Waals surface area contributed by atoms with Gasteiger partial charge in [0.2, 0.25) is 10.0 Å². The average Bonchev–Trinajstić information content (AvgIpc) is 2.98. The number of nitrogens with zero attached hydrogens (tertiary/aromatic N) is 2. The van der Waals surface area contributed by atoms with Gasteiger partial charge in [-0.15, -0.1) is 0 Å². The minimum Gasteiger partial charge on any atom is -0.345 e. The number of benzene rings is 1. The minimum absolute atomic E-state index is 0.129. The quantitative estimate of drug-likeness (QED) is 0.715. The molecular formula is C18H24BrN3O3S. The number of hydrogen-bond acceptors (Lipinski definition) is 3. The summed E-state index contributed by atoms with van der Waals surface area (Å²) in [5.74, 6) is -0.319. The molecule has 1 atom stereocenters. The van der Waals surface area contributed by atoms with Crippen LogP contribution in [0.25, 0.3) is 0 Å². The number of carbonyl (C=O) groups excluding carboxylic acids is 1. The molecule has 0 bridgehead atoms. The van der Waals surface area contributed by atoms with Crippen molar-refractivity contribution in [2.45, 2.75) is 31.7 Å². The molecule has 142 valence electrons. The molecule has 1 aromatic heterocycles. The number of aryl methyl sites for hydroxylation is 1. The Morgan fingerprint density at radius 3 is 2.50 bits per heavy atom. The van der Waals surface area contributed by atoms with Crippen LogP contribution >= 0.6 is 15.9 Å². The van der Waals surface area contributed by atoms with Crippen LogP contribution < -0.4 is 5.32 Å². The normalized spacial score (nSPS) is 13.0. The van der Waals surface area contributed by atoms with Crippen LogP contribution in [0.1, 0.15) is 42.9 Å². The predicted octanol–water partition coefficient (Wildman–Crippen LogP) is 3.31. The Morgan fingerprint density at radius 1 is 1.27 bits per heavy atom. The lowest BCUT2D eigenvalue weighted by Gasteiger charge is -2.17. The second kappa shape index (κ2) is 8.37. The Labute approximate surface area is 163 Å². The maximum Gasteiger partial charge on any atom is 0.268 e. The average molecular weight is 442 g/mol. The summed E-state index contributed by atoms with van der Waals surface area (Å²) < 4.78 is 29.1. The molecule has 26 heavy (non-hydrogen) atoms. The highest BCUT2D eigenvalue weighted by atomic mass is 79.9. The van der Waals surface area contributed by atoms with Crippen LogP contribution in [-0.4, -0.2) is 36.3 Å². The van der Waals surface area contributed by atoms with Gasteiger partial charge in [-0.05, 0) is 30.7 Å². The van der Waals surface area contributed by atoms with Crippen LogP contribution in [-0.2, 0) is 17.1 Å². The fourth-order valence-corrected chi connectivity index (χ4v) is 4.69. The number of nitrogens with one attached hydrogen (secondary N) is 1.